The van der Waals surface area contributed by atoms with Crippen molar-refractivity contribution < 1.29 is 19.1 Å². The quantitative estimate of drug-likeness (QED) is 0.100. The van der Waals surface area contributed by atoms with Gasteiger partial charge in [0.1, 0.15) is 17.7 Å². The Labute approximate surface area is 356 Å². The van der Waals surface area contributed by atoms with Crippen molar-refractivity contribution in [2.45, 2.75) is 70.2 Å². The van der Waals surface area contributed by atoms with E-state index in [4.69, 9.17) is 14.7 Å². The highest BCUT2D eigenvalue weighted by molar-refractivity contribution is 5.85. The normalized spacial score (nSPS) is 17.4. The summed E-state index contributed by atoms with van der Waals surface area (Å²) in [6.07, 6.45) is 8.98. The van der Waals surface area contributed by atoms with Crippen LogP contribution in [0.5, 0.6) is 0 Å². The molecular weight excluding hydrogens is 767 g/mol. The van der Waals surface area contributed by atoms with Crippen molar-refractivity contribution in [3.8, 4) is 33.6 Å². The number of aromatic nitrogens is 5. The molecule has 13 nitrogen and oxygen atoms in total. The molecule has 2 aliphatic heterocycles. The molecule has 0 radical (unpaired) electrons. The van der Waals surface area contributed by atoms with Gasteiger partial charge >= 0.3 is 6.09 Å². The zero-order valence-electron chi connectivity index (χ0n) is 35.0. The summed E-state index contributed by atoms with van der Waals surface area (Å²) < 4.78 is 5.56. The highest BCUT2D eigenvalue weighted by Gasteiger charge is 2.39. The molecule has 0 saturated carbocycles. The molecule has 0 unspecified atom stereocenters. The Morgan fingerprint density at radius 2 is 1.23 bits per heavy atom. The highest BCUT2D eigenvalue weighted by atomic mass is 16.6. The van der Waals surface area contributed by atoms with Crippen molar-refractivity contribution in [2.24, 2.45) is 0 Å². The molecule has 3 aromatic heterocycles. The number of H-pyrrole nitrogens is 2. The monoisotopic (exact) mass is 819 g/mol. The van der Waals surface area contributed by atoms with E-state index in [1.807, 2.05) is 47.6 Å². The number of likely N-dealkylation sites (N-methyl/N-ethyl adjacent to an activating group) is 1. The number of rotatable bonds is 14. The Kier molecular flexibility index (Phi) is 12.7. The largest absolute Gasteiger partial charge is 0.436 e. The summed E-state index contributed by atoms with van der Waals surface area (Å²) in [6, 6.07) is 29.8. The minimum atomic E-state index is -0.979. The summed E-state index contributed by atoms with van der Waals surface area (Å²) in [6.45, 7) is 7.06. The molecule has 61 heavy (non-hydrogen) atoms. The molecule has 0 bridgehead atoms. The maximum Gasteiger partial charge on any atom is 0.407 e. The fourth-order valence-electron chi connectivity index (χ4n) is 8.80. The number of carbonyl (C=O) groups excluding carboxylic acids is 3. The number of hydrogen-bond donors (Lipinski definition) is 3. The summed E-state index contributed by atoms with van der Waals surface area (Å²) in [5, 5.41) is 2.46. The summed E-state index contributed by atoms with van der Waals surface area (Å²) in [4.78, 5) is 67.0. The van der Waals surface area contributed by atoms with Gasteiger partial charge in [0.2, 0.25) is 5.91 Å². The SMILES string of the molecule is CCN(CC)[C@@H](C(=O)N1CCC[C@H]1c1ncc(-c2ccc(-c3ccc(-c4cnc([C@@H]5CCCN5C(=O)[C@H](Cc5ccncc5)OC(=O)NC)[nH]4)cc3)cc2)[nH]1)c1ccccc1. The van der Waals surface area contributed by atoms with Gasteiger partial charge in [-0.3, -0.25) is 19.5 Å². The Balaban J connectivity index is 0.924. The maximum absolute atomic E-state index is 14.2. The molecule has 2 aliphatic rings. The van der Waals surface area contributed by atoms with Gasteiger partial charge in [-0.25, -0.2) is 14.8 Å². The molecule has 3 amide bonds. The number of alkyl carbamates (subject to hydrolysis) is 1. The number of likely N-dealkylation sites (tertiary alicyclic amines) is 2. The number of nitrogens with one attached hydrogen (secondary N) is 3. The number of imidazole rings is 2. The molecule has 0 spiro atoms. The van der Waals surface area contributed by atoms with E-state index in [0.717, 1.165) is 89.4 Å². The smallest absolute Gasteiger partial charge is 0.407 e. The summed E-state index contributed by atoms with van der Waals surface area (Å²) in [5.41, 5.74) is 7.80. The van der Waals surface area contributed by atoms with Crippen LogP contribution in [0.4, 0.5) is 4.79 Å². The van der Waals surface area contributed by atoms with Crippen molar-refractivity contribution in [1.29, 1.82) is 0 Å². The maximum atomic E-state index is 14.2. The molecule has 0 aliphatic carbocycles. The first kappa shape index (κ1) is 41.1. The van der Waals surface area contributed by atoms with E-state index in [1.165, 1.54) is 7.05 Å². The van der Waals surface area contributed by atoms with Crippen molar-refractivity contribution >= 4 is 17.9 Å². The number of ether oxygens (including phenoxy) is 1. The van der Waals surface area contributed by atoms with Crippen LogP contribution in [-0.4, -0.2) is 96.9 Å². The van der Waals surface area contributed by atoms with Crippen LogP contribution < -0.4 is 5.32 Å². The molecule has 13 heteroatoms. The Morgan fingerprint density at radius 1 is 0.721 bits per heavy atom. The number of nitrogens with zero attached hydrogens (tertiary/aromatic N) is 6. The van der Waals surface area contributed by atoms with Gasteiger partial charge in [0.15, 0.2) is 6.10 Å². The van der Waals surface area contributed by atoms with Crippen molar-refractivity contribution in [3.05, 3.63) is 139 Å². The second-order valence-corrected chi connectivity index (χ2v) is 15.6. The number of amides is 3. The van der Waals surface area contributed by atoms with Gasteiger partial charge in [-0.2, -0.15) is 0 Å². The lowest BCUT2D eigenvalue weighted by atomic mass is 10.0. The predicted molar refractivity (Wildman–Crippen MR) is 234 cm³/mol. The summed E-state index contributed by atoms with van der Waals surface area (Å²) >= 11 is 0. The first-order chi connectivity index (χ1) is 29.8. The second kappa shape index (κ2) is 18.8. The minimum absolute atomic E-state index is 0.100. The minimum Gasteiger partial charge on any atom is -0.436 e. The van der Waals surface area contributed by atoms with Gasteiger partial charge in [-0.15, -0.1) is 0 Å². The first-order valence-corrected chi connectivity index (χ1v) is 21.3. The first-order valence-electron chi connectivity index (χ1n) is 21.3. The van der Waals surface area contributed by atoms with Gasteiger partial charge in [0, 0.05) is 39.0 Å². The second-order valence-electron chi connectivity index (χ2n) is 15.6. The third kappa shape index (κ3) is 8.97. The molecule has 2 saturated heterocycles. The molecule has 5 heterocycles. The standard InChI is InChI=1S/C48H53N9O4/c1-4-55(5-2)43(37-11-7-6-8-12-37)47(59)57-28-10-14-41(57)45-52-31-39(54-45)36-21-17-34(18-22-36)33-15-19-35(20-16-33)38-30-51-44(53-38)40-13-9-27-56(40)46(58)42(61-48(60)49-3)29-32-23-25-50-26-24-32/h6-8,11-12,15-26,30-31,40-43H,4-5,9-10,13-14,27-29H2,1-3H3,(H,49,60)(H,51,53)(H,52,54)/t40-,41-,42-,43+/m0/s1. The molecule has 3 aromatic carbocycles. The molecule has 314 valence electrons. The van der Waals surface area contributed by atoms with Crippen LogP contribution in [0.25, 0.3) is 33.6 Å². The fourth-order valence-corrected chi connectivity index (χ4v) is 8.80. The van der Waals surface area contributed by atoms with Gasteiger partial charge in [0.05, 0.1) is 35.9 Å². The van der Waals surface area contributed by atoms with Crippen molar-refractivity contribution in [3.63, 3.8) is 0 Å². The van der Waals surface area contributed by atoms with E-state index in [-0.39, 0.29) is 36.4 Å². The number of aromatic amines is 2. The van der Waals surface area contributed by atoms with Crippen LogP contribution in [0.3, 0.4) is 0 Å². The molecule has 4 atom stereocenters. The molecule has 3 N–H and O–H groups in total. The predicted octanol–water partition coefficient (Wildman–Crippen LogP) is 7.91. The van der Waals surface area contributed by atoms with Crippen molar-refractivity contribution in [1.82, 2.24) is 44.9 Å². The molecule has 2 fully saturated rings. The van der Waals surface area contributed by atoms with E-state index in [1.54, 1.807) is 17.3 Å². The lowest BCUT2D eigenvalue weighted by molar-refractivity contribution is -0.141. The van der Waals surface area contributed by atoms with E-state index in [0.29, 0.717) is 18.9 Å². The van der Waals surface area contributed by atoms with Crippen molar-refractivity contribution in [2.75, 3.05) is 33.2 Å². The van der Waals surface area contributed by atoms with Crippen LogP contribution in [0.1, 0.15) is 80.4 Å². The van der Waals surface area contributed by atoms with Gasteiger partial charge in [-0.05, 0) is 84.3 Å². The average Bonchev–Trinajstić information content (AvgIpc) is 4.16. The van der Waals surface area contributed by atoms with E-state index >= 15 is 0 Å². The fraction of sp³-hybridized carbons (Fsp3) is 0.333. The van der Waals surface area contributed by atoms with Gasteiger partial charge < -0.3 is 29.8 Å². The zero-order chi connectivity index (χ0) is 42.3. The zero-order valence-corrected chi connectivity index (χ0v) is 35.0. The van der Waals surface area contributed by atoms with E-state index < -0.39 is 12.2 Å². The third-order valence-corrected chi connectivity index (χ3v) is 12.0. The number of carbonyl (C=O) groups is 3. The van der Waals surface area contributed by atoms with E-state index in [9.17, 15) is 14.4 Å². The van der Waals surface area contributed by atoms with Gasteiger partial charge in [-0.1, -0.05) is 92.7 Å². The van der Waals surface area contributed by atoms with Gasteiger partial charge in [0.25, 0.3) is 5.91 Å². The summed E-state index contributed by atoms with van der Waals surface area (Å²) in [5.74, 6) is 1.40. The Bertz CT molecular complexity index is 2400. The molecular formula is C48H53N9O4. The lowest BCUT2D eigenvalue weighted by Crippen LogP contribution is -2.43. The number of hydrogen-bond acceptors (Lipinski definition) is 8. The molecule has 8 rings (SSSR count). The summed E-state index contributed by atoms with van der Waals surface area (Å²) in [7, 11) is 1.48. The highest BCUT2D eigenvalue weighted by Crippen LogP contribution is 2.37. The van der Waals surface area contributed by atoms with E-state index in [2.05, 4.69) is 99.7 Å². The van der Waals surface area contributed by atoms with Crippen LogP contribution in [-0.2, 0) is 20.7 Å². The van der Waals surface area contributed by atoms with Crippen LogP contribution in [0.15, 0.2) is 116 Å². The lowest BCUT2D eigenvalue weighted by Gasteiger charge is -2.34. The number of benzene rings is 3. The third-order valence-electron chi connectivity index (χ3n) is 12.0. The van der Waals surface area contributed by atoms with Crippen LogP contribution >= 0.6 is 0 Å². The number of pyridine rings is 1. The molecule has 6 aromatic rings. The van der Waals surface area contributed by atoms with Crippen LogP contribution in [0.2, 0.25) is 0 Å². The Hall–Kier alpha value is -6.60. The van der Waals surface area contributed by atoms with Crippen LogP contribution in [0, 0.1) is 0 Å². The average molecular weight is 820 g/mol. The Morgan fingerprint density at radius 3 is 1.74 bits per heavy atom. The topological polar surface area (TPSA) is 152 Å².